The Morgan fingerprint density at radius 1 is 1.42 bits per heavy atom. The van der Waals surface area contributed by atoms with E-state index in [9.17, 15) is 0 Å². The van der Waals surface area contributed by atoms with Gasteiger partial charge in [-0.1, -0.05) is 11.6 Å². The molecule has 0 spiro atoms. The summed E-state index contributed by atoms with van der Waals surface area (Å²) in [6, 6.07) is 3.17. The van der Waals surface area contributed by atoms with Gasteiger partial charge in [-0.05, 0) is 12.1 Å². The second-order valence-corrected chi connectivity index (χ2v) is 2.68. The van der Waals surface area contributed by atoms with Gasteiger partial charge in [0.25, 0.3) is 0 Å². The minimum absolute atomic E-state index is 0.177. The van der Waals surface area contributed by atoms with Crippen molar-refractivity contribution in [1.82, 2.24) is 0 Å². The molecule has 0 aliphatic carbocycles. The van der Waals surface area contributed by atoms with Crippen LogP contribution in [0.4, 0.5) is 5.69 Å². The van der Waals surface area contributed by atoms with Gasteiger partial charge in [-0.2, -0.15) is 0 Å². The van der Waals surface area contributed by atoms with Gasteiger partial charge in [0.05, 0.1) is 11.6 Å². The molecule has 1 aromatic rings. The average molecular weight is 182 g/mol. The summed E-state index contributed by atoms with van der Waals surface area (Å²) in [6.07, 6.45) is 0. The Hall–Kier alpha value is -1.40. The van der Waals surface area contributed by atoms with E-state index in [-0.39, 0.29) is 6.79 Å². The minimum Gasteiger partial charge on any atom is -0.455 e. The number of benzene rings is 1. The van der Waals surface area contributed by atoms with E-state index in [1.807, 2.05) is 0 Å². The summed E-state index contributed by atoms with van der Waals surface area (Å²) in [5, 5.41) is 0.427. The van der Waals surface area contributed by atoms with Crippen molar-refractivity contribution >= 4 is 17.3 Å². The predicted octanol–water partition coefficient (Wildman–Crippen LogP) is 2.62. The average Bonchev–Trinajstić information content (AvgIpc) is 2.52. The molecular formula is C8H4ClNO2. The number of hydrogen-bond acceptors (Lipinski definition) is 2. The van der Waals surface area contributed by atoms with E-state index in [4.69, 9.17) is 27.6 Å². The maximum atomic E-state index is 6.77. The predicted molar refractivity (Wildman–Crippen MR) is 43.8 cm³/mol. The van der Waals surface area contributed by atoms with Gasteiger partial charge < -0.3 is 9.47 Å². The van der Waals surface area contributed by atoms with E-state index in [2.05, 4.69) is 4.85 Å². The smallest absolute Gasteiger partial charge is 0.231 e. The molecule has 3 nitrogen and oxygen atoms in total. The van der Waals surface area contributed by atoms with Gasteiger partial charge in [0.1, 0.15) is 0 Å². The summed E-state index contributed by atoms with van der Waals surface area (Å²) in [5.74, 6) is 1.08. The van der Waals surface area contributed by atoms with E-state index in [1.165, 1.54) is 0 Å². The molecule has 0 radical (unpaired) electrons. The van der Waals surface area contributed by atoms with Gasteiger partial charge in [-0.15, -0.1) is 0 Å². The van der Waals surface area contributed by atoms with Crippen molar-refractivity contribution < 1.29 is 9.47 Å². The second-order valence-electron chi connectivity index (χ2n) is 2.27. The Balaban J connectivity index is 2.60. The third kappa shape index (κ3) is 0.973. The fraction of sp³-hybridized carbons (Fsp3) is 0.125. The molecule has 0 N–H and O–H groups in total. The van der Waals surface area contributed by atoms with Crippen LogP contribution in [0, 0.1) is 6.57 Å². The first-order valence-corrected chi connectivity index (χ1v) is 3.65. The highest BCUT2D eigenvalue weighted by Crippen LogP contribution is 2.41. The first kappa shape index (κ1) is 7.26. The maximum absolute atomic E-state index is 6.77. The van der Waals surface area contributed by atoms with Crippen LogP contribution >= 0.6 is 11.6 Å². The Labute approximate surface area is 74.3 Å². The van der Waals surface area contributed by atoms with Crippen molar-refractivity contribution in [3.63, 3.8) is 0 Å². The molecule has 1 aliphatic rings. The number of ether oxygens (including phenoxy) is 2. The summed E-state index contributed by atoms with van der Waals surface area (Å²) in [7, 11) is 0. The van der Waals surface area contributed by atoms with Crippen LogP contribution in [-0.2, 0) is 0 Å². The van der Waals surface area contributed by atoms with E-state index in [0.29, 0.717) is 22.2 Å². The Bertz CT molecular complexity index is 370. The van der Waals surface area contributed by atoms with Gasteiger partial charge in [-0.25, -0.2) is 4.85 Å². The van der Waals surface area contributed by atoms with Crippen molar-refractivity contribution in [2.45, 2.75) is 0 Å². The molecule has 0 unspecified atom stereocenters. The summed E-state index contributed by atoms with van der Waals surface area (Å²) in [4.78, 5) is 3.24. The van der Waals surface area contributed by atoms with E-state index >= 15 is 0 Å². The number of hydrogen-bond donors (Lipinski definition) is 0. The highest BCUT2D eigenvalue weighted by atomic mass is 35.5. The van der Waals surface area contributed by atoms with Crippen molar-refractivity contribution in [3.8, 4) is 11.5 Å². The first-order valence-electron chi connectivity index (χ1n) is 3.28. The van der Waals surface area contributed by atoms with E-state index in [0.717, 1.165) is 0 Å². The maximum Gasteiger partial charge on any atom is 0.231 e. The van der Waals surface area contributed by atoms with Crippen LogP contribution < -0.4 is 9.47 Å². The number of halogens is 1. The van der Waals surface area contributed by atoms with Crippen LogP contribution in [0.15, 0.2) is 12.1 Å². The largest absolute Gasteiger partial charge is 0.455 e. The molecule has 2 rings (SSSR count). The van der Waals surface area contributed by atoms with Crippen LogP contribution in [0.1, 0.15) is 0 Å². The molecule has 0 saturated carbocycles. The molecule has 1 heterocycles. The third-order valence-corrected chi connectivity index (χ3v) is 1.82. The number of rotatable bonds is 0. The molecule has 1 aliphatic heterocycles. The standard InChI is InChI=1S/C8H4ClNO2/c1-10-5-2-6(9)8-7(3-5)11-4-12-8/h2-3H,4H2. The zero-order valence-electron chi connectivity index (χ0n) is 6.00. The normalized spacial score (nSPS) is 12.7. The minimum atomic E-state index is 0.177. The molecule has 0 amide bonds. The highest BCUT2D eigenvalue weighted by Gasteiger charge is 2.17. The van der Waals surface area contributed by atoms with Gasteiger partial charge in [0.2, 0.25) is 6.79 Å². The van der Waals surface area contributed by atoms with Gasteiger partial charge in [0.15, 0.2) is 17.2 Å². The molecule has 4 heteroatoms. The van der Waals surface area contributed by atoms with E-state index < -0.39 is 0 Å². The molecule has 0 aromatic heterocycles. The third-order valence-electron chi connectivity index (χ3n) is 1.54. The number of fused-ring (bicyclic) bond motifs is 1. The van der Waals surface area contributed by atoms with Crippen LogP contribution in [0.3, 0.4) is 0 Å². The Kier molecular flexibility index (Phi) is 1.56. The van der Waals surface area contributed by atoms with Crippen molar-refractivity contribution in [1.29, 1.82) is 0 Å². The van der Waals surface area contributed by atoms with E-state index in [1.54, 1.807) is 12.1 Å². The molecule has 0 bridgehead atoms. The molecule has 0 saturated heterocycles. The Morgan fingerprint density at radius 2 is 2.25 bits per heavy atom. The zero-order chi connectivity index (χ0) is 8.55. The zero-order valence-corrected chi connectivity index (χ0v) is 6.76. The lowest BCUT2D eigenvalue weighted by Gasteiger charge is -1.98. The second kappa shape index (κ2) is 2.58. The van der Waals surface area contributed by atoms with Crippen LogP contribution in [0.5, 0.6) is 11.5 Å². The van der Waals surface area contributed by atoms with Gasteiger partial charge in [0, 0.05) is 0 Å². The Morgan fingerprint density at radius 3 is 3.00 bits per heavy atom. The van der Waals surface area contributed by atoms with Gasteiger partial charge in [-0.3, -0.25) is 0 Å². The summed E-state index contributed by atoms with van der Waals surface area (Å²) in [6.45, 7) is 6.95. The fourth-order valence-electron chi connectivity index (χ4n) is 1.02. The quantitative estimate of drug-likeness (QED) is 0.575. The molecular weight excluding hydrogens is 178 g/mol. The highest BCUT2D eigenvalue weighted by molar-refractivity contribution is 6.32. The first-order chi connectivity index (χ1) is 5.81. The SMILES string of the molecule is [C-]#[N+]c1cc(Cl)c2c(c1)OCO2. The molecule has 0 atom stereocenters. The molecule has 1 aromatic carbocycles. The summed E-state index contributed by atoms with van der Waals surface area (Å²) >= 11 is 5.81. The lowest BCUT2D eigenvalue weighted by molar-refractivity contribution is 0.174. The number of nitrogens with zero attached hydrogens (tertiary/aromatic N) is 1. The monoisotopic (exact) mass is 181 g/mol. The molecule has 0 fully saturated rings. The van der Waals surface area contributed by atoms with Crippen LogP contribution in [-0.4, -0.2) is 6.79 Å². The van der Waals surface area contributed by atoms with Crippen molar-refractivity contribution in [3.05, 3.63) is 28.6 Å². The summed E-state index contributed by atoms with van der Waals surface area (Å²) in [5.41, 5.74) is 0.462. The van der Waals surface area contributed by atoms with Crippen molar-refractivity contribution in [2.75, 3.05) is 6.79 Å². The topological polar surface area (TPSA) is 22.8 Å². The van der Waals surface area contributed by atoms with Gasteiger partial charge >= 0.3 is 0 Å². The molecule has 60 valence electrons. The van der Waals surface area contributed by atoms with Crippen LogP contribution in [0.25, 0.3) is 4.85 Å². The fourth-order valence-corrected chi connectivity index (χ4v) is 1.28. The lowest BCUT2D eigenvalue weighted by atomic mass is 10.3. The summed E-state index contributed by atoms with van der Waals surface area (Å²) < 4.78 is 10.1. The lowest BCUT2D eigenvalue weighted by Crippen LogP contribution is -1.93. The molecule has 12 heavy (non-hydrogen) atoms. The van der Waals surface area contributed by atoms with Crippen LogP contribution in [0.2, 0.25) is 5.02 Å². The van der Waals surface area contributed by atoms with Crippen molar-refractivity contribution in [2.24, 2.45) is 0 Å².